The van der Waals surface area contributed by atoms with E-state index in [0.717, 1.165) is 5.56 Å². The van der Waals surface area contributed by atoms with Gasteiger partial charge < -0.3 is 24.3 Å². The minimum Gasteiger partial charge on any atom is -0.366 e. The number of anilines is 2. The molecule has 0 spiro atoms. The molecule has 2 aliphatic rings. The summed E-state index contributed by atoms with van der Waals surface area (Å²) in [4.78, 5) is 20.2. The maximum atomic E-state index is 11.6. The van der Waals surface area contributed by atoms with Gasteiger partial charge in [0.15, 0.2) is 24.1 Å². The number of hydrazone groups is 1. The molecule has 1 N–H and O–H groups in total. The van der Waals surface area contributed by atoms with Gasteiger partial charge in [0.2, 0.25) is 5.28 Å². The summed E-state index contributed by atoms with van der Waals surface area (Å²) in [5.41, 5.74) is 1.56. The highest BCUT2D eigenvalue weighted by molar-refractivity contribution is 6.31. The maximum Gasteiger partial charge on any atom is 0.226 e. The highest BCUT2D eigenvalue weighted by Crippen LogP contribution is 2.41. The summed E-state index contributed by atoms with van der Waals surface area (Å²) < 4.78 is 17.8. The van der Waals surface area contributed by atoms with Crippen LogP contribution in [0.2, 0.25) is 10.3 Å². The first-order valence-corrected chi connectivity index (χ1v) is 10.7. The van der Waals surface area contributed by atoms with Crippen LogP contribution in [0.1, 0.15) is 25.0 Å². The van der Waals surface area contributed by atoms with Crippen molar-refractivity contribution in [1.82, 2.24) is 9.97 Å². The highest BCUT2D eigenvalue weighted by atomic mass is 35.5. The van der Waals surface area contributed by atoms with Gasteiger partial charge in [-0.15, -0.1) is 0 Å². The van der Waals surface area contributed by atoms with Crippen LogP contribution < -0.4 is 10.3 Å². The number of benzene rings is 1. The van der Waals surface area contributed by atoms with Gasteiger partial charge in [-0.2, -0.15) is 10.1 Å². The molecule has 2 saturated heterocycles. The second-order valence-corrected chi connectivity index (χ2v) is 8.66. The van der Waals surface area contributed by atoms with Crippen molar-refractivity contribution in [2.45, 2.75) is 57.6 Å². The number of hydrogen-bond acceptors (Lipinski definition) is 9. The van der Waals surface area contributed by atoms with Crippen molar-refractivity contribution in [1.29, 1.82) is 0 Å². The molecule has 0 saturated carbocycles. The van der Waals surface area contributed by atoms with Crippen LogP contribution in [0.5, 0.6) is 0 Å². The Morgan fingerprint density at radius 2 is 1.97 bits per heavy atom. The van der Waals surface area contributed by atoms with E-state index >= 15 is 0 Å². The number of fused-ring (bicyclic) bond motifs is 1. The fraction of sp³-hybridized carbons (Fsp3) is 0.429. The van der Waals surface area contributed by atoms with E-state index in [9.17, 15) is 4.79 Å². The molecule has 4 atom stereocenters. The van der Waals surface area contributed by atoms with Gasteiger partial charge >= 0.3 is 0 Å². The number of carbonyl (C=O) groups is 1. The Balaban J connectivity index is 1.64. The van der Waals surface area contributed by atoms with E-state index in [0.29, 0.717) is 35.1 Å². The lowest BCUT2D eigenvalue weighted by atomic mass is 10.1. The lowest BCUT2D eigenvalue weighted by Gasteiger charge is -2.30. The molecule has 1 aromatic heterocycles. The molecule has 4 rings (SSSR count). The number of nitrogens with one attached hydrogen (secondary N) is 1. The van der Waals surface area contributed by atoms with Crippen LogP contribution in [0.4, 0.5) is 11.6 Å². The van der Waals surface area contributed by atoms with Gasteiger partial charge in [-0.05, 0) is 44.0 Å². The summed E-state index contributed by atoms with van der Waals surface area (Å²) in [6, 6.07) is 7.49. The van der Waals surface area contributed by atoms with Crippen molar-refractivity contribution < 1.29 is 19.0 Å². The molecule has 32 heavy (non-hydrogen) atoms. The number of halogens is 2. The first-order valence-electron chi connectivity index (χ1n) is 9.97. The monoisotopic (exact) mass is 479 g/mol. The first-order chi connectivity index (χ1) is 15.2. The van der Waals surface area contributed by atoms with E-state index in [1.807, 2.05) is 31.2 Å². The number of nitrogens with zero attached hydrogens (tertiary/aromatic N) is 4. The van der Waals surface area contributed by atoms with E-state index in [4.69, 9.17) is 37.4 Å². The molecule has 2 aromatic rings. The number of aldehydes is 1. The normalized spacial score (nSPS) is 25.9. The number of carbonyl (C=O) groups excluding carboxylic acids is 1. The largest absolute Gasteiger partial charge is 0.366 e. The van der Waals surface area contributed by atoms with E-state index in [-0.39, 0.29) is 5.28 Å². The maximum absolute atomic E-state index is 11.6. The zero-order valence-corrected chi connectivity index (χ0v) is 19.3. The topological polar surface area (TPSA) is 98.2 Å². The number of aromatic nitrogens is 2. The molecule has 0 unspecified atom stereocenters. The average Bonchev–Trinajstić information content (AvgIpc) is 3.24. The van der Waals surface area contributed by atoms with Crippen molar-refractivity contribution in [2.75, 3.05) is 10.3 Å². The SMILES string of the molecule is C=NN(c1nc(Cl)nc(NCc2ccccc2Cl)c1C)[C@@H]1O[C@H](C=O)[C@H]2OC(C)(C)O[C@H]21. The number of ether oxygens (including phenoxy) is 3. The summed E-state index contributed by atoms with van der Waals surface area (Å²) in [5.74, 6) is -0.00452. The molecular weight excluding hydrogens is 457 g/mol. The van der Waals surface area contributed by atoms with Crippen molar-refractivity contribution in [2.24, 2.45) is 5.10 Å². The van der Waals surface area contributed by atoms with Gasteiger partial charge in [-0.3, -0.25) is 0 Å². The summed E-state index contributed by atoms with van der Waals surface area (Å²) in [7, 11) is 0. The second-order valence-electron chi connectivity index (χ2n) is 7.91. The van der Waals surface area contributed by atoms with E-state index in [1.54, 1.807) is 13.8 Å². The third-order valence-corrected chi connectivity index (χ3v) is 5.84. The summed E-state index contributed by atoms with van der Waals surface area (Å²) in [6.07, 6.45) is -2.08. The standard InChI is InChI=1S/C21H23Cl2N5O4/c1-11-17(25-9-12-7-5-6-8-13(12)22)26-20(23)27-18(11)28(24-4)19-16-15(14(10-29)30-19)31-21(2,3)32-16/h5-8,10,14-16,19H,4,9H2,1-3H3,(H,25,26,27)/t14-,15-,16-,19-/m1/s1. The predicted octanol–water partition coefficient (Wildman–Crippen LogP) is 3.57. The average molecular weight is 480 g/mol. The van der Waals surface area contributed by atoms with Gasteiger partial charge in [0.05, 0.1) is 0 Å². The minimum atomic E-state index is -0.870. The molecular formula is C21H23Cl2N5O4. The highest BCUT2D eigenvalue weighted by Gasteiger charge is 2.57. The van der Waals surface area contributed by atoms with Crippen molar-refractivity contribution >= 4 is 47.8 Å². The molecule has 0 aliphatic carbocycles. The van der Waals surface area contributed by atoms with Gasteiger partial charge in [-0.25, -0.2) is 9.99 Å². The van der Waals surface area contributed by atoms with Crippen LogP contribution in [-0.4, -0.2) is 53.3 Å². The van der Waals surface area contributed by atoms with Gasteiger partial charge in [0.1, 0.15) is 24.1 Å². The molecule has 1 aromatic carbocycles. The molecule has 2 fully saturated rings. The Bertz CT molecular complexity index is 1040. The first kappa shape index (κ1) is 22.9. The fourth-order valence-corrected chi connectivity index (χ4v) is 4.24. The minimum absolute atomic E-state index is 0.00585. The third kappa shape index (κ3) is 4.31. The zero-order valence-electron chi connectivity index (χ0n) is 17.8. The molecule has 0 radical (unpaired) electrons. The Kier molecular flexibility index (Phi) is 6.37. The Morgan fingerprint density at radius 1 is 1.25 bits per heavy atom. The van der Waals surface area contributed by atoms with Crippen LogP contribution in [-0.2, 0) is 25.5 Å². The molecule has 11 heteroatoms. The zero-order chi connectivity index (χ0) is 23.0. The van der Waals surface area contributed by atoms with Gasteiger partial charge in [-0.1, -0.05) is 29.8 Å². The van der Waals surface area contributed by atoms with Crippen LogP contribution >= 0.6 is 23.2 Å². The van der Waals surface area contributed by atoms with Crippen molar-refractivity contribution in [3.63, 3.8) is 0 Å². The summed E-state index contributed by atoms with van der Waals surface area (Å²) in [5, 5.41) is 9.42. The van der Waals surface area contributed by atoms with Crippen molar-refractivity contribution in [3.05, 3.63) is 45.7 Å². The quantitative estimate of drug-likeness (QED) is 0.278. The Labute approximate surface area is 195 Å². The van der Waals surface area contributed by atoms with E-state index in [2.05, 4.69) is 27.1 Å². The summed E-state index contributed by atoms with van der Waals surface area (Å²) >= 11 is 12.5. The van der Waals surface area contributed by atoms with Crippen LogP contribution in [0.15, 0.2) is 29.4 Å². The lowest BCUT2D eigenvalue weighted by molar-refractivity contribution is -0.185. The van der Waals surface area contributed by atoms with Gasteiger partial charge in [0, 0.05) is 23.8 Å². The molecule has 170 valence electrons. The summed E-state index contributed by atoms with van der Waals surface area (Å²) in [6.45, 7) is 9.46. The Hall–Kier alpha value is -2.30. The number of hydrogen-bond donors (Lipinski definition) is 1. The Morgan fingerprint density at radius 3 is 2.66 bits per heavy atom. The molecule has 3 heterocycles. The van der Waals surface area contributed by atoms with Crippen molar-refractivity contribution in [3.8, 4) is 0 Å². The predicted molar refractivity (Wildman–Crippen MR) is 121 cm³/mol. The lowest BCUT2D eigenvalue weighted by Crippen LogP contribution is -2.42. The third-order valence-electron chi connectivity index (χ3n) is 5.31. The van der Waals surface area contributed by atoms with E-state index < -0.39 is 30.3 Å². The smallest absolute Gasteiger partial charge is 0.226 e. The van der Waals surface area contributed by atoms with Crippen LogP contribution in [0.25, 0.3) is 0 Å². The number of rotatable bonds is 7. The molecule has 0 bridgehead atoms. The van der Waals surface area contributed by atoms with Gasteiger partial charge in [0.25, 0.3) is 0 Å². The second kappa shape index (κ2) is 8.92. The molecule has 2 aliphatic heterocycles. The van der Waals surface area contributed by atoms with Crippen LogP contribution in [0, 0.1) is 6.92 Å². The van der Waals surface area contributed by atoms with Crippen LogP contribution in [0.3, 0.4) is 0 Å². The van der Waals surface area contributed by atoms with E-state index in [1.165, 1.54) is 5.01 Å². The fourth-order valence-electron chi connectivity index (χ4n) is 3.88. The molecule has 9 nitrogen and oxygen atoms in total. The molecule has 0 amide bonds.